The van der Waals surface area contributed by atoms with Gasteiger partial charge in [-0.05, 0) is 31.4 Å². The lowest BCUT2D eigenvalue weighted by Crippen LogP contribution is -2.19. The molecule has 1 aliphatic rings. The van der Waals surface area contributed by atoms with Gasteiger partial charge >= 0.3 is 6.61 Å². The molecule has 0 fully saturated rings. The van der Waals surface area contributed by atoms with Crippen molar-refractivity contribution in [2.75, 3.05) is 0 Å². The van der Waals surface area contributed by atoms with E-state index in [1.165, 1.54) is 6.07 Å². The highest BCUT2D eigenvalue weighted by atomic mass is 19.3. The predicted octanol–water partition coefficient (Wildman–Crippen LogP) is 3.08. The van der Waals surface area contributed by atoms with Crippen LogP contribution in [0.25, 0.3) is 11.4 Å². The van der Waals surface area contributed by atoms with Crippen molar-refractivity contribution in [1.82, 2.24) is 9.97 Å². The zero-order valence-electron chi connectivity index (χ0n) is 11.3. The van der Waals surface area contributed by atoms with Crippen LogP contribution in [0.1, 0.15) is 30.1 Å². The summed E-state index contributed by atoms with van der Waals surface area (Å²) in [5.41, 5.74) is 8.32. The van der Waals surface area contributed by atoms with Gasteiger partial charge in [0, 0.05) is 23.5 Å². The molecule has 6 heteroatoms. The molecule has 1 unspecified atom stereocenters. The van der Waals surface area contributed by atoms with Crippen LogP contribution in [-0.2, 0) is 6.42 Å². The minimum atomic E-state index is -2.88. The van der Waals surface area contributed by atoms with E-state index >= 15 is 0 Å². The number of halogens is 2. The molecule has 21 heavy (non-hydrogen) atoms. The maximum Gasteiger partial charge on any atom is 0.387 e. The number of aryl methyl sites for hydroxylation is 1. The molecule has 0 bridgehead atoms. The van der Waals surface area contributed by atoms with Gasteiger partial charge in [-0.25, -0.2) is 9.97 Å². The first-order chi connectivity index (χ1) is 10.1. The van der Waals surface area contributed by atoms with Crippen LogP contribution >= 0.6 is 0 Å². The van der Waals surface area contributed by atoms with E-state index in [1.54, 1.807) is 24.4 Å². The molecule has 1 aromatic heterocycles. The molecule has 0 aliphatic heterocycles. The second kappa shape index (κ2) is 5.73. The van der Waals surface area contributed by atoms with Gasteiger partial charge in [0.1, 0.15) is 5.75 Å². The number of aromatic nitrogens is 2. The third-order valence-electron chi connectivity index (χ3n) is 3.57. The third kappa shape index (κ3) is 2.85. The monoisotopic (exact) mass is 291 g/mol. The number of para-hydroxylation sites is 1. The summed E-state index contributed by atoms with van der Waals surface area (Å²) in [4.78, 5) is 8.75. The number of benzene rings is 1. The standard InChI is InChI=1S/C15H15F2N3O/c16-15(17)21-13-7-2-1-4-9(13)14-19-8-10-11(18)5-3-6-12(10)20-14/h1-2,4,7-8,11,15H,3,5-6,18H2. The number of nitrogens with zero attached hydrogens (tertiary/aromatic N) is 2. The number of hydrogen-bond acceptors (Lipinski definition) is 4. The first-order valence-corrected chi connectivity index (χ1v) is 6.81. The van der Waals surface area contributed by atoms with Crippen LogP contribution in [0.5, 0.6) is 5.75 Å². The van der Waals surface area contributed by atoms with Gasteiger partial charge in [-0.1, -0.05) is 12.1 Å². The summed E-state index contributed by atoms with van der Waals surface area (Å²) in [5, 5.41) is 0. The maximum absolute atomic E-state index is 12.5. The Labute approximate surface area is 121 Å². The number of ether oxygens (including phenoxy) is 1. The van der Waals surface area contributed by atoms with Gasteiger partial charge in [-0.2, -0.15) is 8.78 Å². The average molecular weight is 291 g/mol. The average Bonchev–Trinajstić information content (AvgIpc) is 2.47. The van der Waals surface area contributed by atoms with Gasteiger partial charge in [0.25, 0.3) is 0 Å². The molecule has 4 nitrogen and oxygen atoms in total. The van der Waals surface area contributed by atoms with Crippen molar-refractivity contribution < 1.29 is 13.5 Å². The van der Waals surface area contributed by atoms with Crippen LogP contribution in [-0.4, -0.2) is 16.6 Å². The van der Waals surface area contributed by atoms with E-state index in [1.807, 2.05) is 0 Å². The first kappa shape index (κ1) is 13.9. The SMILES string of the molecule is NC1CCCc2nc(-c3ccccc3OC(F)F)ncc21. The number of fused-ring (bicyclic) bond motifs is 1. The molecular weight excluding hydrogens is 276 g/mol. The van der Waals surface area contributed by atoms with E-state index in [0.717, 1.165) is 30.5 Å². The van der Waals surface area contributed by atoms with E-state index < -0.39 is 6.61 Å². The minimum absolute atomic E-state index is 0.0460. The highest BCUT2D eigenvalue weighted by Gasteiger charge is 2.20. The molecule has 1 aromatic carbocycles. The predicted molar refractivity (Wildman–Crippen MR) is 74.0 cm³/mol. The van der Waals surface area contributed by atoms with Gasteiger partial charge in [0.15, 0.2) is 5.82 Å². The van der Waals surface area contributed by atoms with Crippen molar-refractivity contribution in [3.05, 3.63) is 41.7 Å². The largest absolute Gasteiger partial charge is 0.434 e. The fourth-order valence-corrected chi connectivity index (χ4v) is 2.56. The van der Waals surface area contributed by atoms with Crippen LogP contribution < -0.4 is 10.5 Å². The van der Waals surface area contributed by atoms with Gasteiger partial charge < -0.3 is 10.5 Å². The maximum atomic E-state index is 12.5. The smallest absolute Gasteiger partial charge is 0.387 e. The van der Waals surface area contributed by atoms with Crippen LogP contribution in [0.3, 0.4) is 0 Å². The molecular formula is C15H15F2N3O. The van der Waals surface area contributed by atoms with Crippen molar-refractivity contribution in [2.24, 2.45) is 5.73 Å². The Morgan fingerprint density at radius 1 is 1.29 bits per heavy atom. The molecule has 0 amide bonds. The van der Waals surface area contributed by atoms with Gasteiger partial charge in [0.05, 0.1) is 5.56 Å². The number of alkyl halides is 2. The Morgan fingerprint density at radius 3 is 2.90 bits per heavy atom. The molecule has 1 heterocycles. The van der Waals surface area contributed by atoms with Crippen molar-refractivity contribution in [3.63, 3.8) is 0 Å². The van der Waals surface area contributed by atoms with Crippen LogP contribution in [0.4, 0.5) is 8.78 Å². The molecule has 3 rings (SSSR count). The van der Waals surface area contributed by atoms with E-state index in [-0.39, 0.29) is 11.8 Å². The Kier molecular flexibility index (Phi) is 3.79. The van der Waals surface area contributed by atoms with Crippen LogP contribution in [0, 0.1) is 0 Å². The topological polar surface area (TPSA) is 61.0 Å². The highest BCUT2D eigenvalue weighted by Crippen LogP contribution is 2.31. The first-order valence-electron chi connectivity index (χ1n) is 6.81. The van der Waals surface area contributed by atoms with Crippen LogP contribution in [0.15, 0.2) is 30.5 Å². The Hall–Kier alpha value is -2.08. The lowest BCUT2D eigenvalue weighted by atomic mass is 9.93. The van der Waals surface area contributed by atoms with Crippen molar-refractivity contribution >= 4 is 0 Å². The Bertz CT molecular complexity index is 649. The number of rotatable bonds is 3. The van der Waals surface area contributed by atoms with E-state index in [4.69, 9.17) is 5.73 Å². The molecule has 0 spiro atoms. The van der Waals surface area contributed by atoms with Crippen molar-refractivity contribution in [1.29, 1.82) is 0 Å². The van der Waals surface area contributed by atoms with Crippen LogP contribution in [0.2, 0.25) is 0 Å². The normalized spacial score (nSPS) is 17.6. The molecule has 1 atom stereocenters. The minimum Gasteiger partial charge on any atom is -0.434 e. The fourth-order valence-electron chi connectivity index (χ4n) is 2.56. The van der Waals surface area contributed by atoms with E-state index in [9.17, 15) is 8.78 Å². The summed E-state index contributed by atoms with van der Waals surface area (Å²) in [6.07, 6.45) is 4.41. The molecule has 0 saturated carbocycles. The zero-order chi connectivity index (χ0) is 14.8. The quantitative estimate of drug-likeness (QED) is 0.944. The zero-order valence-corrected chi connectivity index (χ0v) is 11.3. The lowest BCUT2D eigenvalue weighted by Gasteiger charge is -2.21. The number of hydrogen-bond donors (Lipinski definition) is 1. The van der Waals surface area contributed by atoms with Crippen molar-refractivity contribution in [2.45, 2.75) is 31.9 Å². The fraction of sp³-hybridized carbons (Fsp3) is 0.333. The van der Waals surface area contributed by atoms with E-state index in [0.29, 0.717) is 11.4 Å². The lowest BCUT2D eigenvalue weighted by molar-refractivity contribution is -0.0494. The van der Waals surface area contributed by atoms with Gasteiger partial charge in [-0.3, -0.25) is 0 Å². The summed E-state index contributed by atoms with van der Waals surface area (Å²) < 4.78 is 29.4. The summed E-state index contributed by atoms with van der Waals surface area (Å²) in [6.45, 7) is -2.88. The summed E-state index contributed by atoms with van der Waals surface area (Å²) in [6, 6.07) is 6.48. The molecule has 0 radical (unpaired) electrons. The van der Waals surface area contributed by atoms with Gasteiger partial charge in [0.2, 0.25) is 0 Å². The van der Waals surface area contributed by atoms with Gasteiger partial charge in [-0.15, -0.1) is 0 Å². The summed E-state index contributed by atoms with van der Waals surface area (Å²) in [7, 11) is 0. The second-order valence-corrected chi connectivity index (χ2v) is 4.97. The Balaban J connectivity index is 2.01. The van der Waals surface area contributed by atoms with Crippen molar-refractivity contribution in [3.8, 4) is 17.1 Å². The third-order valence-corrected chi connectivity index (χ3v) is 3.57. The summed E-state index contributed by atoms with van der Waals surface area (Å²) in [5.74, 6) is 0.464. The second-order valence-electron chi connectivity index (χ2n) is 4.97. The molecule has 2 aromatic rings. The molecule has 2 N–H and O–H groups in total. The molecule has 0 saturated heterocycles. The molecule has 110 valence electrons. The van der Waals surface area contributed by atoms with E-state index in [2.05, 4.69) is 14.7 Å². The molecule has 1 aliphatic carbocycles. The number of nitrogens with two attached hydrogens (primary N) is 1. The Morgan fingerprint density at radius 2 is 2.10 bits per heavy atom. The highest BCUT2D eigenvalue weighted by molar-refractivity contribution is 5.64. The summed E-state index contributed by atoms with van der Waals surface area (Å²) >= 11 is 0.